The molecular weight excluding hydrogens is 268 g/mol. The quantitative estimate of drug-likeness (QED) is 0.759. The standard InChI is InChI=1S/C12H22N2O4S/c1-2-14(10-3-8-19(16,17)9-10)11(15)12(13)4-6-18-7-5-12/h10H,2-9,13H2,1H3. The van der Waals surface area contributed by atoms with E-state index in [2.05, 4.69) is 0 Å². The minimum absolute atomic E-state index is 0.0686. The van der Waals surface area contributed by atoms with Crippen molar-refractivity contribution in [3.8, 4) is 0 Å². The summed E-state index contributed by atoms with van der Waals surface area (Å²) in [5.74, 6) is 0.113. The van der Waals surface area contributed by atoms with Crippen LogP contribution in [-0.4, -0.2) is 62.1 Å². The van der Waals surface area contributed by atoms with Crippen molar-refractivity contribution in [2.45, 2.75) is 37.8 Å². The molecule has 2 fully saturated rings. The second-order valence-electron chi connectivity index (χ2n) is 5.42. The first kappa shape index (κ1) is 14.7. The van der Waals surface area contributed by atoms with Gasteiger partial charge in [0, 0.05) is 25.8 Å². The van der Waals surface area contributed by atoms with E-state index in [9.17, 15) is 13.2 Å². The lowest BCUT2D eigenvalue weighted by Crippen LogP contribution is -2.60. The topological polar surface area (TPSA) is 89.7 Å². The number of hydrogen-bond donors (Lipinski definition) is 1. The first-order valence-electron chi connectivity index (χ1n) is 6.76. The number of hydrogen-bond acceptors (Lipinski definition) is 5. The van der Waals surface area contributed by atoms with Gasteiger partial charge in [0.1, 0.15) is 0 Å². The fourth-order valence-electron chi connectivity index (χ4n) is 2.82. The highest BCUT2D eigenvalue weighted by Gasteiger charge is 2.42. The second kappa shape index (κ2) is 5.38. The molecule has 1 amide bonds. The van der Waals surface area contributed by atoms with Gasteiger partial charge in [-0.05, 0) is 26.2 Å². The minimum Gasteiger partial charge on any atom is -0.381 e. The second-order valence-corrected chi connectivity index (χ2v) is 7.65. The number of ether oxygens (including phenoxy) is 1. The number of nitrogens with zero attached hydrogens (tertiary/aromatic N) is 1. The Labute approximate surface area is 114 Å². The van der Waals surface area contributed by atoms with Crippen LogP contribution in [0.2, 0.25) is 0 Å². The normalized spacial score (nSPS) is 29.1. The van der Waals surface area contributed by atoms with E-state index in [1.165, 1.54) is 0 Å². The molecule has 110 valence electrons. The first-order valence-corrected chi connectivity index (χ1v) is 8.58. The molecule has 2 aliphatic heterocycles. The first-order chi connectivity index (χ1) is 8.88. The van der Waals surface area contributed by atoms with Gasteiger partial charge < -0.3 is 15.4 Å². The third-order valence-electron chi connectivity index (χ3n) is 4.06. The minimum atomic E-state index is -2.99. The van der Waals surface area contributed by atoms with E-state index in [1.54, 1.807) is 4.90 Å². The molecule has 0 spiro atoms. The van der Waals surface area contributed by atoms with Crippen LogP contribution in [0.5, 0.6) is 0 Å². The van der Waals surface area contributed by atoms with Crippen molar-refractivity contribution < 1.29 is 17.9 Å². The Balaban J connectivity index is 2.11. The molecule has 0 bridgehead atoms. The van der Waals surface area contributed by atoms with E-state index in [0.29, 0.717) is 39.0 Å². The van der Waals surface area contributed by atoms with Gasteiger partial charge in [-0.3, -0.25) is 4.79 Å². The lowest BCUT2D eigenvalue weighted by Gasteiger charge is -2.38. The average molecular weight is 290 g/mol. The molecule has 1 unspecified atom stereocenters. The molecule has 0 aliphatic carbocycles. The van der Waals surface area contributed by atoms with E-state index >= 15 is 0 Å². The molecule has 0 aromatic carbocycles. The van der Waals surface area contributed by atoms with Gasteiger partial charge in [-0.15, -0.1) is 0 Å². The number of nitrogens with two attached hydrogens (primary N) is 1. The van der Waals surface area contributed by atoms with Crippen molar-refractivity contribution in [1.82, 2.24) is 4.90 Å². The summed E-state index contributed by atoms with van der Waals surface area (Å²) in [6.07, 6.45) is 1.53. The number of sulfone groups is 1. The Morgan fingerprint density at radius 3 is 2.53 bits per heavy atom. The van der Waals surface area contributed by atoms with Crippen LogP contribution >= 0.6 is 0 Å². The molecule has 2 rings (SSSR count). The number of amides is 1. The zero-order valence-corrected chi connectivity index (χ0v) is 12.1. The maximum Gasteiger partial charge on any atom is 0.243 e. The largest absolute Gasteiger partial charge is 0.381 e. The van der Waals surface area contributed by atoms with Gasteiger partial charge >= 0.3 is 0 Å². The maximum absolute atomic E-state index is 12.6. The Morgan fingerprint density at radius 1 is 1.42 bits per heavy atom. The van der Waals surface area contributed by atoms with E-state index < -0.39 is 15.4 Å². The maximum atomic E-state index is 12.6. The van der Waals surface area contributed by atoms with E-state index in [4.69, 9.17) is 10.5 Å². The zero-order valence-electron chi connectivity index (χ0n) is 11.3. The van der Waals surface area contributed by atoms with Crippen LogP contribution in [0.3, 0.4) is 0 Å². The smallest absolute Gasteiger partial charge is 0.243 e. The Bertz CT molecular complexity index is 443. The van der Waals surface area contributed by atoms with Crippen molar-refractivity contribution >= 4 is 15.7 Å². The van der Waals surface area contributed by atoms with Gasteiger partial charge in [-0.2, -0.15) is 0 Å². The fraction of sp³-hybridized carbons (Fsp3) is 0.917. The number of carbonyl (C=O) groups excluding carboxylic acids is 1. The molecule has 0 aromatic heterocycles. The van der Waals surface area contributed by atoms with Crippen LogP contribution in [0.1, 0.15) is 26.2 Å². The van der Waals surface area contributed by atoms with Crippen LogP contribution in [0, 0.1) is 0 Å². The van der Waals surface area contributed by atoms with E-state index in [0.717, 1.165) is 0 Å². The zero-order chi connectivity index (χ0) is 14.1. The third-order valence-corrected chi connectivity index (χ3v) is 5.81. The highest BCUT2D eigenvalue weighted by molar-refractivity contribution is 7.91. The number of rotatable bonds is 3. The molecule has 19 heavy (non-hydrogen) atoms. The van der Waals surface area contributed by atoms with Crippen LogP contribution < -0.4 is 5.73 Å². The predicted molar refractivity (Wildman–Crippen MR) is 71.4 cm³/mol. The van der Waals surface area contributed by atoms with Gasteiger partial charge in [-0.1, -0.05) is 0 Å². The Kier molecular flexibility index (Phi) is 4.17. The average Bonchev–Trinajstić information content (AvgIpc) is 2.71. The Hall–Kier alpha value is -0.660. The monoisotopic (exact) mass is 290 g/mol. The molecule has 0 radical (unpaired) electrons. The van der Waals surface area contributed by atoms with Crippen molar-refractivity contribution in [3.05, 3.63) is 0 Å². The summed E-state index contributed by atoms with van der Waals surface area (Å²) < 4.78 is 28.3. The van der Waals surface area contributed by atoms with Gasteiger partial charge in [0.2, 0.25) is 5.91 Å². The molecule has 0 aromatic rings. The third kappa shape index (κ3) is 3.09. The van der Waals surface area contributed by atoms with Crippen LogP contribution in [0.15, 0.2) is 0 Å². The number of likely N-dealkylation sites (N-methyl/N-ethyl adjacent to an activating group) is 1. The summed E-state index contributed by atoms with van der Waals surface area (Å²) in [7, 11) is -2.99. The summed E-state index contributed by atoms with van der Waals surface area (Å²) in [5, 5.41) is 0. The van der Waals surface area contributed by atoms with Gasteiger partial charge in [0.05, 0.1) is 17.0 Å². The van der Waals surface area contributed by atoms with Crippen LogP contribution in [0.4, 0.5) is 0 Å². The summed E-state index contributed by atoms with van der Waals surface area (Å²) in [5.41, 5.74) is 5.31. The van der Waals surface area contributed by atoms with Gasteiger partial charge in [-0.25, -0.2) is 8.42 Å². The van der Waals surface area contributed by atoms with Crippen molar-refractivity contribution in [2.24, 2.45) is 5.73 Å². The lowest BCUT2D eigenvalue weighted by molar-refractivity contribution is -0.142. The molecule has 7 heteroatoms. The van der Waals surface area contributed by atoms with E-state index in [1.807, 2.05) is 6.92 Å². The molecule has 6 nitrogen and oxygen atoms in total. The lowest BCUT2D eigenvalue weighted by atomic mass is 9.89. The molecule has 2 saturated heterocycles. The highest BCUT2D eigenvalue weighted by atomic mass is 32.2. The molecular formula is C12H22N2O4S. The molecule has 1 atom stereocenters. The van der Waals surface area contributed by atoms with Crippen LogP contribution in [0.25, 0.3) is 0 Å². The number of carbonyl (C=O) groups is 1. The summed E-state index contributed by atoms with van der Waals surface area (Å²) in [6.45, 7) is 3.34. The molecule has 2 heterocycles. The Morgan fingerprint density at radius 2 is 2.05 bits per heavy atom. The van der Waals surface area contributed by atoms with Gasteiger partial charge in [0.25, 0.3) is 0 Å². The summed E-state index contributed by atoms with van der Waals surface area (Å²) in [6, 6.07) is -0.217. The van der Waals surface area contributed by atoms with Crippen LogP contribution in [-0.2, 0) is 19.4 Å². The van der Waals surface area contributed by atoms with Crippen molar-refractivity contribution in [3.63, 3.8) is 0 Å². The van der Waals surface area contributed by atoms with Gasteiger partial charge in [0.15, 0.2) is 9.84 Å². The highest BCUT2D eigenvalue weighted by Crippen LogP contribution is 2.25. The molecule has 0 saturated carbocycles. The molecule has 2 N–H and O–H groups in total. The SMILES string of the molecule is CCN(C(=O)C1(N)CCOCC1)C1CCS(=O)(=O)C1. The molecule has 2 aliphatic rings. The summed E-state index contributed by atoms with van der Waals surface area (Å²) >= 11 is 0. The van der Waals surface area contributed by atoms with Crippen molar-refractivity contribution in [1.29, 1.82) is 0 Å². The van der Waals surface area contributed by atoms with E-state index in [-0.39, 0.29) is 23.5 Å². The van der Waals surface area contributed by atoms with Crippen molar-refractivity contribution in [2.75, 3.05) is 31.3 Å². The predicted octanol–water partition coefficient (Wildman–Crippen LogP) is -0.470. The summed E-state index contributed by atoms with van der Waals surface area (Å²) in [4.78, 5) is 14.2. The fourth-order valence-corrected chi connectivity index (χ4v) is 4.56.